The van der Waals surface area contributed by atoms with Crippen LogP contribution in [0.25, 0.3) is 0 Å². The van der Waals surface area contributed by atoms with Gasteiger partial charge in [0.05, 0.1) is 11.3 Å². The average molecular weight is 632 g/mol. The molecule has 0 bridgehead atoms. The largest absolute Gasteiger partial charge is 0.456 e. The molecule has 2 heterocycles. The van der Waals surface area contributed by atoms with Gasteiger partial charge < -0.3 is 19.7 Å². The number of nitrogens with zero attached hydrogens (tertiary/aromatic N) is 1. The number of aryl methyl sites for hydroxylation is 1. The van der Waals surface area contributed by atoms with Gasteiger partial charge in [0, 0.05) is 50.8 Å². The Hall–Kier alpha value is -4.55. The number of carbonyl (C=O) groups is 1. The van der Waals surface area contributed by atoms with Gasteiger partial charge in [0.25, 0.3) is 0 Å². The second-order valence-electron chi connectivity index (χ2n) is 11.1. The Morgan fingerprint density at radius 2 is 1.56 bits per heavy atom. The van der Waals surface area contributed by atoms with Crippen molar-refractivity contribution < 1.29 is 14.3 Å². The van der Waals surface area contributed by atoms with E-state index in [-0.39, 0.29) is 5.97 Å². The number of para-hydroxylation sites is 1. The number of benzene rings is 5. The highest BCUT2D eigenvalue weighted by molar-refractivity contribution is 9.10. The van der Waals surface area contributed by atoms with Gasteiger partial charge in [-0.25, -0.2) is 4.79 Å². The highest BCUT2D eigenvalue weighted by Crippen LogP contribution is 2.57. The summed E-state index contributed by atoms with van der Waals surface area (Å²) < 4.78 is 14.0. The number of carbonyl (C=O) groups excluding carboxylic acids is 1. The molecule has 1 spiro atoms. The minimum Gasteiger partial charge on any atom is -0.456 e. The Bertz CT molecular complexity index is 1850. The van der Waals surface area contributed by atoms with Crippen molar-refractivity contribution in [2.45, 2.75) is 32.3 Å². The molecule has 0 aromatic heterocycles. The Labute approximate surface area is 260 Å². The number of rotatable bonds is 7. The van der Waals surface area contributed by atoms with E-state index in [1.807, 2.05) is 66.7 Å². The molecule has 5 nitrogen and oxygen atoms in total. The summed E-state index contributed by atoms with van der Waals surface area (Å²) >= 11 is 3.63. The molecule has 6 heteroatoms. The first kappa shape index (κ1) is 27.3. The molecule has 7 rings (SSSR count). The van der Waals surface area contributed by atoms with E-state index in [4.69, 9.17) is 9.47 Å². The molecule has 0 saturated heterocycles. The fourth-order valence-electron chi connectivity index (χ4n) is 6.07. The minimum absolute atomic E-state index is 0.341. The summed E-state index contributed by atoms with van der Waals surface area (Å²) in [6.45, 7) is 5.18. The highest BCUT2D eigenvalue weighted by atomic mass is 79.9. The first-order valence-electron chi connectivity index (χ1n) is 14.6. The summed E-state index contributed by atoms with van der Waals surface area (Å²) in [5, 5.41) is 3.50. The van der Waals surface area contributed by atoms with Gasteiger partial charge in [-0.15, -0.1) is 0 Å². The number of anilines is 4. The van der Waals surface area contributed by atoms with Gasteiger partial charge in [0.15, 0.2) is 5.60 Å². The standard InChI is InChI=1S/C37H31BrN2O3/c1-3-4-21-40(26-16-13-24(2)14-17-26)27-18-19-30-35(23-27)42-34-20-15-25(39-33-12-8-7-11-32(33)38)22-31(34)37(30)29-10-6-5-9-28(29)36(41)43-37/h5-20,22-23,39H,3-4,21H2,1-2H3. The Morgan fingerprint density at radius 3 is 2.37 bits per heavy atom. The third-order valence-corrected chi connectivity index (χ3v) is 8.93. The second-order valence-corrected chi connectivity index (χ2v) is 11.9. The predicted molar refractivity (Wildman–Crippen MR) is 175 cm³/mol. The molecule has 5 aromatic rings. The zero-order chi connectivity index (χ0) is 29.6. The van der Waals surface area contributed by atoms with Crippen LogP contribution in [0, 0.1) is 6.92 Å². The quantitative estimate of drug-likeness (QED) is 0.181. The lowest BCUT2D eigenvalue weighted by Gasteiger charge is -2.37. The van der Waals surface area contributed by atoms with Crippen molar-refractivity contribution in [2.75, 3.05) is 16.8 Å². The second kappa shape index (κ2) is 10.9. The van der Waals surface area contributed by atoms with E-state index in [9.17, 15) is 4.79 Å². The minimum atomic E-state index is -1.14. The fraction of sp³-hybridized carbons (Fsp3) is 0.162. The monoisotopic (exact) mass is 630 g/mol. The van der Waals surface area contributed by atoms with E-state index in [1.165, 1.54) is 5.56 Å². The summed E-state index contributed by atoms with van der Waals surface area (Å²) in [6, 6.07) is 36.5. The van der Waals surface area contributed by atoms with Crippen LogP contribution in [0.1, 0.15) is 52.4 Å². The maximum atomic E-state index is 13.4. The number of hydrogen-bond acceptors (Lipinski definition) is 5. The van der Waals surface area contributed by atoms with Crippen molar-refractivity contribution in [3.63, 3.8) is 0 Å². The molecule has 0 radical (unpaired) electrons. The molecular formula is C37H31BrN2O3. The van der Waals surface area contributed by atoms with Gasteiger partial charge in [-0.1, -0.05) is 61.4 Å². The van der Waals surface area contributed by atoms with Crippen LogP contribution in [0.4, 0.5) is 22.7 Å². The Morgan fingerprint density at radius 1 is 0.791 bits per heavy atom. The highest BCUT2D eigenvalue weighted by Gasteiger charge is 2.53. The lowest BCUT2D eigenvalue weighted by Crippen LogP contribution is -2.33. The zero-order valence-corrected chi connectivity index (χ0v) is 25.6. The number of esters is 1. The van der Waals surface area contributed by atoms with E-state index in [2.05, 4.69) is 82.5 Å². The van der Waals surface area contributed by atoms with Crippen LogP contribution >= 0.6 is 15.9 Å². The van der Waals surface area contributed by atoms with Crippen LogP contribution < -0.4 is 15.0 Å². The Balaban J connectivity index is 1.38. The predicted octanol–water partition coefficient (Wildman–Crippen LogP) is 10.0. The van der Waals surface area contributed by atoms with Gasteiger partial charge in [-0.05, 0) is 89.9 Å². The molecule has 2 aliphatic rings. The lowest BCUT2D eigenvalue weighted by molar-refractivity contribution is 0.0224. The van der Waals surface area contributed by atoms with Crippen LogP contribution in [0.15, 0.2) is 114 Å². The van der Waals surface area contributed by atoms with E-state index in [0.29, 0.717) is 17.1 Å². The third kappa shape index (κ3) is 4.66. The molecule has 1 N–H and O–H groups in total. The van der Waals surface area contributed by atoms with Crippen LogP contribution in [0.2, 0.25) is 0 Å². The summed E-state index contributed by atoms with van der Waals surface area (Å²) in [4.78, 5) is 15.7. The number of hydrogen-bond donors (Lipinski definition) is 1. The van der Waals surface area contributed by atoms with E-state index >= 15 is 0 Å². The zero-order valence-electron chi connectivity index (χ0n) is 24.1. The van der Waals surface area contributed by atoms with Crippen LogP contribution in [0.5, 0.6) is 11.5 Å². The first-order valence-corrected chi connectivity index (χ1v) is 15.4. The molecule has 1 unspecified atom stereocenters. The normalized spacial score (nSPS) is 16.1. The summed E-state index contributed by atoms with van der Waals surface area (Å²) in [5.74, 6) is 0.990. The van der Waals surface area contributed by atoms with Gasteiger partial charge in [-0.2, -0.15) is 0 Å². The summed E-state index contributed by atoms with van der Waals surface area (Å²) in [5.41, 5.74) is 7.01. The van der Waals surface area contributed by atoms with Gasteiger partial charge in [0.2, 0.25) is 0 Å². The Kier molecular flexibility index (Phi) is 6.94. The molecule has 43 heavy (non-hydrogen) atoms. The maximum absolute atomic E-state index is 13.4. The molecule has 0 saturated carbocycles. The number of halogens is 1. The van der Waals surface area contributed by atoms with Gasteiger partial charge in [-0.3, -0.25) is 0 Å². The molecule has 0 amide bonds. The third-order valence-electron chi connectivity index (χ3n) is 8.24. The van der Waals surface area contributed by atoms with Crippen LogP contribution in [-0.2, 0) is 10.3 Å². The SMILES string of the molecule is CCCCN(c1ccc(C)cc1)c1ccc2c(c1)Oc1ccc(Nc3ccccc3Br)cc1C21OC(=O)c2ccccc21. The van der Waals surface area contributed by atoms with E-state index < -0.39 is 5.60 Å². The number of fused-ring (bicyclic) bond motifs is 6. The smallest absolute Gasteiger partial charge is 0.340 e. The van der Waals surface area contributed by atoms with Crippen molar-refractivity contribution in [1.29, 1.82) is 0 Å². The van der Waals surface area contributed by atoms with Crippen LogP contribution in [0.3, 0.4) is 0 Å². The van der Waals surface area contributed by atoms with Crippen molar-refractivity contribution in [3.05, 3.63) is 141 Å². The van der Waals surface area contributed by atoms with Crippen molar-refractivity contribution in [1.82, 2.24) is 0 Å². The van der Waals surface area contributed by atoms with Crippen molar-refractivity contribution >= 4 is 44.6 Å². The molecule has 1 atom stereocenters. The van der Waals surface area contributed by atoms with Crippen LogP contribution in [-0.4, -0.2) is 12.5 Å². The first-order chi connectivity index (χ1) is 21.0. The van der Waals surface area contributed by atoms with Crippen molar-refractivity contribution in [3.8, 4) is 11.5 Å². The number of ether oxygens (including phenoxy) is 2. The molecule has 0 fully saturated rings. The number of nitrogens with one attached hydrogen (secondary N) is 1. The van der Waals surface area contributed by atoms with Gasteiger partial charge in [0.1, 0.15) is 11.5 Å². The molecule has 5 aromatic carbocycles. The summed E-state index contributed by atoms with van der Waals surface area (Å²) in [7, 11) is 0. The molecule has 2 aliphatic heterocycles. The lowest BCUT2D eigenvalue weighted by atomic mass is 9.77. The molecule has 214 valence electrons. The fourth-order valence-corrected chi connectivity index (χ4v) is 6.46. The van der Waals surface area contributed by atoms with Gasteiger partial charge >= 0.3 is 5.97 Å². The summed E-state index contributed by atoms with van der Waals surface area (Å²) in [6.07, 6.45) is 2.14. The molecule has 0 aliphatic carbocycles. The molecular weight excluding hydrogens is 600 g/mol. The van der Waals surface area contributed by atoms with E-state index in [1.54, 1.807) is 0 Å². The number of unbranched alkanes of at least 4 members (excludes halogenated alkanes) is 1. The topological polar surface area (TPSA) is 50.8 Å². The van der Waals surface area contributed by atoms with E-state index in [0.717, 1.165) is 63.3 Å². The average Bonchev–Trinajstić information content (AvgIpc) is 3.32. The van der Waals surface area contributed by atoms with Crippen molar-refractivity contribution in [2.24, 2.45) is 0 Å². The maximum Gasteiger partial charge on any atom is 0.340 e.